The number of carboxylic acids is 1. The minimum absolute atomic E-state index is 0.0617. The average molecular weight is 1890 g/mol. The van der Waals surface area contributed by atoms with E-state index in [4.69, 9.17) is 19.1 Å². The Kier molecular flexibility index (Phi) is 25.1. The highest BCUT2D eigenvalue weighted by Gasteiger charge is 2.63. The zero-order chi connectivity index (χ0) is 93.2. The van der Waals surface area contributed by atoms with Crippen molar-refractivity contribution in [3.8, 4) is 0 Å². The highest BCUT2D eigenvalue weighted by molar-refractivity contribution is 7.95. The molecule has 4 aliphatic carbocycles. The predicted molar refractivity (Wildman–Crippen MR) is 445 cm³/mol. The number of hydrogen-bond donors (Lipinski definition) is 5. The largest absolute Gasteiger partial charge is 0.476 e. The van der Waals surface area contributed by atoms with Crippen molar-refractivity contribution in [3.63, 3.8) is 0 Å². The Labute approximate surface area is 732 Å². The van der Waals surface area contributed by atoms with Crippen molar-refractivity contribution in [1.29, 1.82) is 0 Å². The maximum absolute atomic E-state index is 13.4. The minimum atomic E-state index is -4.00. The molecule has 4 saturated carbocycles. The van der Waals surface area contributed by atoms with E-state index >= 15 is 0 Å². The van der Waals surface area contributed by atoms with Gasteiger partial charge in [-0.1, -0.05) is 16.4 Å². The van der Waals surface area contributed by atoms with Crippen LogP contribution in [0.1, 0.15) is 154 Å². The summed E-state index contributed by atoms with van der Waals surface area (Å²) < 4.78 is 236. The fourth-order valence-electron chi connectivity index (χ4n) is 15.9. The number of β-amino-alcohol motifs (C(OH)–C–C–N with tert-alkyl or cyclic N) is 3. The van der Waals surface area contributed by atoms with Crippen LogP contribution in [0.2, 0.25) is 0 Å². The second-order valence-electron chi connectivity index (χ2n) is 35.2. The number of nitrogens with one attached hydrogen (secondary N) is 1. The number of aromatic carboxylic acids is 1. The van der Waals surface area contributed by atoms with Crippen LogP contribution in [-0.4, -0.2) is 283 Å². The molecular weight excluding hydrogens is 1790 g/mol. The van der Waals surface area contributed by atoms with Crippen LogP contribution in [0.3, 0.4) is 0 Å². The number of carbonyl (C=O) groups is 4. The lowest BCUT2D eigenvalue weighted by Gasteiger charge is -2.36. The molecule has 14 heterocycles. The smallest absolute Gasteiger partial charge is 0.410 e. The maximum atomic E-state index is 13.4. The summed E-state index contributed by atoms with van der Waals surface area (Å²) in [7, 11) is -10.4. The number of rotatable bonds is 14. The summed E-state index contributed by atoms with van der Waals surface area (Å²) in [5.74, 6) is -16.9. The summed E-state index contributed by atoms with van der Waals surface area (Å²) in [6.07, 6.45) is 1.87. The van der Waals surface area contributed by atoms with Gasteiger partial charge >= 0.3 is 59.0 Å². The van der Waals surface area contributed by atoms with E-state index in [0.29, 0.717) is 92.6 Å². The van der Waals surface area contributed by atoms with Crippen molar-refractivity contribution >= 4 is 116 Å². The maximum Gasteiger partial charge on any atom is 0.410 e. The van der Waals surface area contributed by atoms with Gasteiger partial charge in [-0.05, 0) is 128 Å². The number of nitrogens with zero attached hydrogens (tertiary/aromatic N) is 17. The van der Waals surface area contributed by atoms with Crippen LogP contribution in [0.25, 0.3) is 5.57 Å². The molecule has 3 saturated heterocycles. The third-order valence-electron chi connectivity index (χ3n) is 23.8. The molecule has 0 radical (unpaired) electrons. The Bertz CT molecular complexity index is 5750. The molecule has 7 fully saturated rings. The molecule has 700 valence electrons. The van der Waals surface area contributed by atoms with Crippen LogP contribution >= 0.6 is 0 Å². The molecule has 38 nitrogen and oxygen atoms in total. The van der Waals surface area contributed by atoms with Gasteiger partial charge in [0.15, 0.2) is 34.7 Å². The Balaban J connectivity index is 0.000000134. The lowest BCUT2D eigenvalue weighted by Crippen LogP contribution is -2.47. The van der Waals surface area contributed by atoms with E-state index in [-0.39, 0.29) is 129 Å². The summed E-state index contributed by atoms with van der Waals surface area (Å²) in [5.41, 5.74) is 3.06. The van der Waals surface area contributed by atoms with Crippen LogP contribution in [0.5, 0.6) is 0 Å². The molecule has 0 bridgehead atoms. The minimum Gasteiger partial charge on any atom is -0.476 e. The zero-order valence-corrected chi connectivity index (χ0v) is 74.3. The van der Waals surface area contributed by atoms with Gasteiger partial charge in [0.1, 0.15) is 23.7 Å². The molecule has 5 N–H and O–H groups in total. The van der Waals surface area contributed by atoms with Crippen molar-refractivity contribution in [3.05, 3.63) is 113 Å². The number of aromatic nitrogens is 6. The number of carboxylic acid groups (broad SMARTS) is 1. The lowest BCUT2D eigenvalue weighted by molar-refractivity contribution is -0.00194. The highest BCUT2D eigenvalue weighted by Crippen LogP contribution is 2.56. The number of anilines is 8. The number of aliphatic hydroxyl groups is 3. The fraction of sp³-hybridized carbons (Fsp3) is 0.590. The van der Waals surface area contributed by atoms with Crippen LogP contribution in [0.4, 0.5) is 90.7 Å². The lowest BCUT2D eigenvalue weighted by atomic mass is 9.90. The average Bonchev–Trinajstić information content (AvgIpc) is 1.59. The molecular formula is C78H98F8N18O20S4. The molecule has 0 spiro atoms. The Morgan fingerprint density at radius 3 is 1.13 bits per heavy atom. The van der Waals surface area contributed by atoms with Crippen molar-refractivity contribution < 1.29 is 127 Å². The van der Waals surface area contributed by atoms with Gasteiger partial charge in [-0.3, -0.25) is 4.79 Å². The van der Waals surface area contributed by atoms with Gasteiger partial charge in [0.25, 0.3) is 29.6 Å². The molecule has 6 aromatic rings. The number of aliphatic hydroxyl groups excluding tert-OH is 3. The quantitative estimate of drug-likeness (QED) is 0.0648. The van der Waals surface area contributed by atoms with Crippen LogP contribution in [0.15, 0.2) is 88.3 Å². The van der Waals surface area contributed by atoms with Gasteiger partial charge in [-0.15, -0.1) is 0 Å². The highest BCUT2D eigenvalue weighted by atomic mass is 32.2. The van der Waals surface area contributed by atoms with Gasteiger partial charge < -0.3 is 59.0 Å². The van der Waals surface area contributed by atoms with Gasteiger partial charge in [0.05, 0.1) is 53.3 Å². The molecule has 6 aromatic heterocycles. The molecule has 50 heteroatoms. The van der Waals surface area contributed by atoms with E-state index < -0.39 is 142 Å². The summed E-state index contributed by atoms with van der Waals surface area (Å²) >= 11 is 0. The van der Waals surface area contributed by atoms with Gasteiger partial charge in [0, 0.05) is 190 Å². The first kappa shape index (κ1) is 93.9. The molecule has 18 rings (SSSR count). The number of ether oxygens (including phenoxy) is 2. The summed E-state index contributed by atoms with van der Waals surface area (Å²) in [5, 5.41) is 49.5. The molecule has 128 heavy (non-hydrogen) atoms. The third-order valence-corrected chi connectivity index (χ3v) is 30.9. The summed E-state index contributed by atoms with van der Waals surface area (Å²) in [4.78, 5) is 69.3. The molecule has 3 amide bonds. The Hall–Kier alpha value is -10.3. The molecule has 10 unspecified atom stereocenters. The second-order valence-corrected chi connectivity index (χ2v) is 42.7. The number of hydrogen-bond acceptors (Lipinski definition) is 26. The first-order valence-corrected chi connectivity index (χ1v) is 46.6. The Morgan fingerprint density at radius 1 is 0.469 bits per heavy atom. The molecule has 10 atom stereocenters. The van der Waals surface area contributed by atoms with Gasteiger partial charge in [-0.25, -0.2) is 104 Å². The first-order valence-electron chi connectivity index (χ1n) is 41.0. The number of fused-ring (bicyclic) bond motifs is 4. The standard InChI is InChI=1S/C20H28F2N4O5S.C20H26F2N4O4S.C19H21F2N5O5S.C15H20F2N4O3S.C4H3NO3/c1-19(2,3)31-18(28)25-8-7-13(16(27)11-25)14-5-6-15-17(23-14)24(4)32(29,30)26(15)10-12-9-20(12,21)22;1-19(2,3)30-18(27)25-9-7-13(8-10-25)15-5-6-16-17(23-15)24(4)31(28,29)26(16)12-14-11-20(14,21)22;1-24-17-15(26(32(24,29)30)9-11-8-19(11,20)21)3-2-13(22-17)12-4-6-25(10-16(12)27)18(28)14-5-7-31-23-14;1-20-14-12(21(25(20,23)24)8-9-6-15(9,16)17)3-2-11(19-14)10-4-5-18-7-13(10)22;6-4(7)3-1-2-8-5-3/h5-6,12-13,16,27H,7-11H2,1-4H3;5-7,14H,8-12H2,1-4H3;2-3,5,7,11-12,16,27H,4,6,8-10H2,1H3;2-3,9-10,13,18,22H,4-8H2,1H3;1-2H,(H,6,7). The van der Waals surface area contributed by atoms with E-state index in [9.17, 15) is 103 Å². The van der Waals surface area contributed by atoms with Crippen LogP contribution in [0, 0.1) is 23.7 Å². The number of carbonyl (C=O) groups excluding carboxylic acids is 3. The Morgan fingerprint density at radius 2 is 0.812 bits per heavy atom. The SMILES string of the molecule is CN1c2nc(C3=CCN(C(=O)OC(C)(C)C)CC3)ccc2N(CC2CC2(F)F)S1(=O)=O.CN1c2nc(C3CCN(C(=O)OC(C)(C)C)CC3O)ccc2N(CC2CC2(F)F)S1(=O)=O.CN1c2nc(C3CCN(C(=O)c4ccon4)CC3O)ccc2N(CC2CC2(F)F)S1(=O)=O.CN1c2nc(C3CCNCC3O)ccc2N(CC2CC2(F)F)S1(=O)=O.O=C(O)c1ccon1. The molecule has 8 aliphatic heterocycles. The van der Waals surface area contributed by atoms with Crippen molar-refractivity contribution in [2.24, 2.45) is 23.7 Å². The van der Waals surface area contributed by atoms with E-state index in [1.807, 2.05) is 26.8 Å². The van der Waals surface area contributed by atoms with E-state index in [2.05, 4.69) is 40.1 Å². The van der Waals surface area contributed by atoms with Crippen LogP contribution in [-0.2, 0) is 50.3 Å². The number of alkyl halides is 8. The van der Waals surface area contributed by atoms with Crippen molar-refractivity contribution in [1.82, 2.24) is 50.3 Å². The summed E-state index contributed by atoms with van der Waals surface area (Å²) in [6, 6.07) is 15.6. The van der Waals surface area contributed by atoms with Crippen molar-refractivity contribution in [2.75, 3.05) is 141 Å². The van der Waals surface area contributed by atoms with Crippen LogP contribution < -0.4 is 39.8 Å². The third kappa shape index (κ3) is 19.3. The number of pyridine rings is 4. The second kappa shape index (κ2) is 34.2. The van der Waals surface area contributed by atoms with E-state index in [0.717, 1.165) is 46.6 Å². The topological polar surface area (TPSA) is 456 Å². The van der Waals surface area contributed by atoms with E-state index in [1.165, 1.54) is 62.6 Å². The normalized spacial score (nSPS) is 26.9. The number of piperidine rings is 3. The zero-order valence-electron chi connectivity index (χ0n) is 71.0. The van der Waals surface area contributed by atoms with E-state index in [1.54, 1.807) is 74.2 Å². The monoisotopic (exact) mass is 1890 g/mol. The molecule has 0 aromatic carbocycles. The van der Waals surface area contributed by atoms with Crippen molar-refractivity contribution in [2.45, 2.75) is 164 Å². The molecule has 12 aliphatic rings. The first-order chi connectivity index (χ1) is 59.6. The predicted octanol–water partition coefficient (Wildman–Crippen LogP) is 7.85. The van der Waals surface area contributed by atoms with Gasteiger partial charge in [0.2, 0.25) is 0 Å². The number of halogens is 8. The number of likely N-dealkylation sites (tertiary alicyclic amines) is 2. The summed E-state index contributed by atoms with van der Waals surface area (Å²) in [6.45, 7) is 12.5. The number of amides is 3. The fourth-order valence-corrected chi connectivity index (χ4v) is 21.5. The van der Waals surface area contributed by atoms with Gasteiger partial charge in [-0.2, -0.15) is 33.7 Å².